The van der Waals surface area contributed by atoms with Crippen LogP contribution in [0.5, 0.6) is 0 Å². The van der Waals surface area contributed by atoms with Gasteiger partial charge < -0.3 is 20.5 Å². The summed E-state index contributed by atoms with van der Waals surface area (Å²) in [6.45, 7) is 8.64. The smallest absolute Gasteiger partial charge is 0.243 e. The van der Waals surface area contributed by atoms with Gasteiger partial charge in [-0.3, -0.25) is 14.4 Å². The fraction of sp³-hybridized carbons (Fsp3) is 0.615. The van der Waals surface area contributed by atoms with E-state index in [0.29, 0.717) is 17.9 Å². The lowest BCUT2D eigenvalue weighted by molar-refractivity contribution is -0.140. The van der Waals surface area contributed by atoms with E-state index in [1.807, 2.05) is 11.8 Å². The molecular formula is C26H36FN5O3. The number of aromatic amines is 1. The Balaban J connectivity index is 1.47. The highest BCUT2D eigenvalue weighted by Crippen LogP contribution is 2.44. The van der Waals surface area contributed by atoms with Gasteiger partial charge in [0.15, 0.2) is 5.82 Å². The average Bonchev–Trinajstić information content (AvgIpc) is 3.23. The van der Waals surface area contributed by atoms with E-state index in [1.165, 1.54) is 6.07 Å². The molecule has 190 valence electrons. The van der Waals surface area contributed by atoms with E-state index in [9.17, 15) is 18.8 Å². The number of carbonyl (C=O) groups excluding carboxylic acids is 3. The van der Waals surface area contributed by atoms with Crippen LogP contribution >= 0.6 is 0 Å². The Bertz CT molecular complexity index is 1110. The zero-order valence-corrected chi connectivity index (χ0v) is 21.0. The predicted octanol–water partition coefficient (Wildman–Crippen LogP) is 3.59. The number of piperidine rings is 1. The second kappa shape index (κ2) is 9.95. The van der Waals surface area contributed by atoms with Gasteiger partial charge in [0, 0.05) is 18.5 Å². The van der Waals surface area contributed by atoms with Crippen LogP contribution in [0.25, 0.3) is 11.0 Å². The van der Waals surface area contributed by atoms with Gasteiger partial charge in [0.05, 0.1) is 18.0 Å². The summed E-state index contributed by atoms with van der Waals surface area (Å²) in [6, 6.07) is 3.19. The second-order valence-corrected chi connectivity index (χ2v) is 11.0. The molecule has 0 bridgehead atoms. The summed E-state index contributed by atoms with van der Waals surface area (Å²) in [5, 5.41) is 5.70. The van der Waals surface area contributed by atoms with Crippen molar-refractivity contribution in [1.29, 1.82) is 0 Å². The molecule has 0 spiro atoms. The number of benzene rings is 1. The molecule has 3 amide bonds. The van der Waals surface area contributed by atoms with E-state index in [4.69, 9.17) is 0 Å². The van der Waals surface area contributed by atoms with Crippen molar-refractivity contribution in [1.82, 2.24) is 25.5 Å². The molecule has 1 saturated carbocycles. The molecule has 2 heterocycles. The van der Waals surface area contributed by atoms with Crippen molar-refractivity contribution < 1.29 is 18.8 Å². The Morgan fingerprint density at radius 3 is 2.63 bits per heavy atom. The van der Waals surface area contributed by atoms with Gasteiger partial charge in [0.1, 0.15) is 17.4 Å². The number of hydrogen-bond donors (Lipinski definition) is 3. The van der Waals surface area contributed by atoms with Gasteiger partial charge in [-0.25, -0.2) is 9.37 Å². The summed E-state index contributed by atoms with van der Waals surface area (Å²) in [7, 11) is 0. The third kappa shape index (κ3) is 5.65. The summed E-state index contributed by atoms with van der Waals surface area (Å²) in [5.74, 6) is -0.977. The Kier molecular flexibility index (Phi) is 7.15. The molecule has 4 rings (SSSR count). The van der Waals surface area contributed by atoms with E-state index in [1.54, 1.807) is 19.1 Å². The number of fused-ring (bicyclic) bond motifs is 1. The van der Waals surface area contributed by atoms with Crippen LogP contribution in [0.2, 0.25) is 0 Å². The lowest BCUT2D eigenvalue weighted by atomic mass is 9.64. The molecule has 8 nitrogen and oxygen atoms in total. The Morgan fingerprint density at radius 1 is 1.23 bits per heavy atom. The minimum atomic E-state index is -0.989. The Morgan fingerprint density at radius 2 is 1.97 bits per heavy atom. The van der Waals surface area contributed by atoms with Gasteiger partial charge in [-0.1, -0.05) is 19.9 Å². The first-order chi connectivity index (χ1) is 16.5. The maximum atomic E-state index is 14.1. The van der Waals surface area contributed by atoms with Gasteiger partial charge in [0.2, 0.25) is 17.7 Å². The molecule has 3 N–H and O–H groups in total. The van der Waals surface area contributed by atoms with Crippen LogP contribution in [-0.2, 0) is 14.4 Å². The molecular weight excluding hydrogens is 449 g/mol. The van der Waals surface area contributed by atoms with Crippen LogP contribution in [-0.4, -0.2) is 51.2 Å². The number of aromatic nitrogens is 2. The number of halogens is 1. The number of nitrogens with one attached hydrogen (secondary N) is 3. The number of imidazole rings is 1. The molecule has 2 aromatic rings. The molecule has 1 aromatic carbocycles. The summed E-state index contributed by atoms with van der Waals surface area (Å²) in [6.07, 6.45) is 4.37. The molecule has 1 saturated heterocycles. The first-order valence-electron chi connectivity index (χ1n) is 12.6. The van der Waals surface area contributed by atoms with Crippen molar-refractivity contribution >= 4 is 28.8 Å². The highest BCUT2D eigenvalue weighted by atomic mass is 19.1. The summed E-state index contributed by atoms with van der Waals surface area (Å²) >= 11 is 0. The van der Waals surface area contributed by atoms with Gasteiger partial charge in [0.25, 0.3) is 0 Å². The molecule has 2 fully saturated rings. The molecule has 3 atom stereocenters. The van der Waals surface area contributed by atoms with Crippen molar-refractivity contribution in [2.75, 3.05) is 6.54 Å². The first-order valence-corrected chi connectivity index (χ1v) is 12.6. The molecule has 35 heavy (non-hydrogen) atoms. The van der Waals surface area contributed by atoms with E-state index < -0.39 is 23.8 Å². The van der Waals surface area contributed by atoms with Gasteiger partial charge >= 0.3 is 0 Å². The average molecular weight is 486 g/mol. The molecule has 1 aliphatic carbocycles. The van der Waals surface area contributed by atoms with Crippen LogP contribution in [0, 0.1) is 17.2 Å². The quantitative estimate of drug-likeness (QED) is 0.557. The number of carbonyl (C=O) groups is 3. The van der Waals surface area contributed by atoms with Crippen LogP contribution in [0.4, 0.5) is 4.39 Å². The molecule has 0 radical (unpaired) electrons. The normalized spacial score (nSPS) is 21.7. The fourth-order valence-electron chi connectivity index (χ4n) is 5.32. The summed E-state index contributed by atoms with van der Waals surface area (Å²) in [5.41, 5.74) is 0.854. The lowest BCUT2D eigenvalue weighted by Crippen LogP contribution is -2.54. The summed E-state index contributed by atoms with van der Waals surface area (Å²) < 4.78 is 14.1. The van der Waals surface area contributed by atoms with Crippen molar-refractivity contribution in [2.24, 2.45) is 11.3 Å². The van der Waals surface area contributed by atoms with Crippen molar-refractivity contribution in [2.45, 2.75) is 84.3 Å². The monoisotopic (exact) mass is 485 g/mol. The van der Waals surface area contributed by atoms with Crippen LogP contribution < -0.4 is 10.6 Å². The van der Waals surface area contributed by atoms with Crippen LogP contribution in [0.3, 0.4) is 0 Å². The number of amides is 3. The number of rotatable bonds is 7. The minimum absolute atomic E-state index is 0.0977. The van der Waals surface area contributed by atoms with Crippen molar-refractivity contribution in [3.63, 3.8) is 0 Å². The first kappa shape index (κ1) is 25.1. The Hall–Kier alpha value is -2.97. The SMILES string of the molecule is CC(NC(=O)C(CC(=O)N1CCCC[C@@H]1C)NC(=O)C1CC(C)(C)C1)c1nc2c(F)cccc2[nH]1. The lowest BCUT2D eigenvalue weighted by Gasteiger charge is -2.42. The van der Waals surface area contributed by atoms with Gasteiger partial charge in [-0.05, 0) is 63.5 Å². The standard InChI is InChI=1S/C26H36FN5O3/c1-15-8-5-6-11-32(15)21(33)12-20(30-24(34)17-13-26(3,4)14-17)25(35)28-16(2)23-29-19-10-7-9-18(27)22(19)31-23/h7,9-10,15-17,20H,5-6,8,11-14H2,1-4H3,(H,28,35)(H,29,31)(H,30,34)/t15-,16?,20?/m0/s1. The van der Waals surface area contributed by atoms with E-state index in [2.05, 4.69) is 34.4 Å². The topological polar surface area (TPSA) is 107 Å². The Labute approximate surface area is 205 Å². The number of likely N-dealkylation sites (tertiary alicyclic amines) is 1. The number of H-pyrrole nitrogens is 1. The molecule has 9 heteroatoms. The van der Waals surface area contributed by atoms with Crippen molar-refractivity contribution in [3.8, 4) is 0 Å². The van der Waals surface area contributed by atoms with Crippen LogP contribution in [0.1, 0.15) is 78.1 Å². The molecule has 1 aromatic heterocycles. The highest BCUT2D eigenvalue weighted by Gasteiger charge is 2.41. The molecule has 1 aliphatic heterocycles. The number of para-hydroxylation sites is 1. The van der Waals surface area contributed by atoms with Crippen LogP contribution in [0.15, 0.2) is 18.2 Å². The third-order valence-corrected chi connectivity index (χ3v) is 7.35. The summed E-state index contributed by atoms with van der Waals surface area (Å²) in [4.78, 5) is 48.4. The predicted molar refractivity (Wildman–Crippen MR) is 131 cm³/mol. The van der Waals surface area contributed by atoms with Gasteiger partial charge in [-0.2, -0.15) is 0 Å². The van der Waals surface area contributed by atoms with E-state index in [0.717, 1.165) is 32.1 Å². The largest absolute Gasteiger partial charge is 0.345 e. The number of hydrogen-bond acceptors (Lipinski definition) is 4. The minimum Gasteiger partial charge on any atom is -0.345 e. The van der Waals surface area contributed by atoms with E-state index in [-0.39, 0.29) is 41.1 Å². The zero-order chi connectivity index (χ0) is 25.3. The fourth-order valence-corrected chi connectivity index (χ4v) is 5.32. The maximum absolute atomic E-state index is 14.1. The van der Waals surface area contributed by atoms with Crippen molar-refractivity contribution in [3.05, 3.63) is 29.8 Å². The number of nitrogens with zero attached hydrogens (tertiary/aromatic N) is 2. The highest BCUT2D eigenvalue weighted by molar-refractivity contribution is 5.93. The van der Waals surface area contributed by atoms with E-state index >= 15 is 0 Å². The zero-order valence-electron chi connectivity index (χ0n) is 21.0. The molecule has 2 unspecified atom stereocenters. The second-order valence-electron chi connectivity index (χ2n) is 11.0. The third-order valence-electron chi connectivity index (χ3n) is 7.35. The molecule has 2 aliphatic rings. The van der Waals surface area contributed by atoms with Gasteiger partial charge in [-0.15, -0.1) is 0 Å². The maximum Gasteiger partial charge on any atom is 0.243 e.